The number of thiophene rings is 1. The number of aryl methyl sites for hydroxylation is 1. The van der Waals surface area contributed by atoms with Gasteiger partial charge in [0.2, 0.25) is 0 Å². The fourth-order valence-electron chi connectivity index (χ4n) is 1.63. The van der Waals surface area contributed by atoms with Crippen LogP contribution in [0.3, 0.4) is 0 Å². The monoisotopic (exact) mass is 314 g/mol. The number of benzene rings is 1. The molecule has 0 spiro atoms. The molecule has 2 rings (SSSR count). The zero-order valence-corrected chi connectivity index (χ0v) is 11.7. The molecule has 0 amide bonds. The second kappa shape index (κ2) is 5.29. The van der Waals surface area contributed by atoms with E-state index in [1.54, 1.807) is 17.4 Å². The number of halogens is 2. The van der Waals surface area contributed by atoms with E-state index in [4.69, 9.17) is 0 Å². The van der Waals surface area contributed by atoms with Crippen LogP contribution in [0, 0.1) is 12.7 Å². The third kappa shape index (κ3) is 3.15. The van der Waals surface area contributed by atoms with Gasteiger partial charge in [0.1, 0.15) is 5.82 Å². The zero-order valence-electron chi connectivity index (χ0n) is 9.28. The highest BCUT2D eigenvalue weighted by Gasteiger charge is 2.13. The number of aliphatic hydroxyl groups excluding tert-OH is 1. The lowest BCUT2D eigenvalue weighted by Crippen LogP contribution is -1.99. The molecule has 1 heterocycles. The van der Waals surface area contributed by atoms with Crippen molar-refractivity contribution in [3.8, 4) is 0 Å². The summed E-state index contributed by atoms with van der Waals surface area (Å²) in [6.45, 7) is 1.99. The van der Waals surface area contributed by atoms with Crippen molar-refractivity contribution in [3.05, 3.63) is 55.9 Å². The van der Waals surface area contributed by atoms with Gasteiger partial charge in [0.25, 0.3) is 0 Å². The van der Waals surface area contributed by atoms with Crippen molar-refractivity contribution in [3.63, 3.8) is 0 Å². The summed E-state index contributed by atoms with van der Waals surface area (Å²) in [5.41, 5.74) is 0.805. The van der Waals surface area contributed by atoms with Gasteiger partial charge in [-0.3, -0.25) is 0 Å². The van der Waals surface area contributed by atoms with Gasteiger partial charge < -0.3 is 5.11 Å². The van der Waals surface area contributed by atoms with E-state index in [2.05, 4.69) is 15.9 Å². The molecular weight excluding hydrogens is 303 g/mol. The Balaban J connectivity index is 2.14. The summed E-state index contributed by atoms with van der Waals surface area (Å²) < 4.78 is 14.0. The van der Waals surface area contributed by atoms with Crippen molar-refractivity contribution in [1.29, 1.82) is 0 Å². The van der Waals surface area contributed by atoms with Gasteiger partial charge in [0.05, 0.1) is 6.10 Å². The Morgan fingerprint density at radius 3 is 2.76 bits per heavy atom. The molecule has 0 radical (unpaired) electrons. The van der Waals surface area contributed by atoms with Crippen molar-refractivity contribution in [1.82, 2.24) is 0 Å². The van der Waals surface area contributed by atoms with Crippen LogP contribution in [0.15, 0.2) is 34.8 Å². The SMILES string of the molecule is Cc1sc(C(O)Cc2cccc(F)c2)cc1Br. The summed E-state index contributed by atoms with van der Waals surface area (Å²) in [6, 6.07) is 8.26. The summed E-state index contributed by atoms with van der Waals surface area (Å²) in [6.07, 6.45) is -0.142. The van der Waals surface area contributed by atoms with Crippen LogP contribution >= 0.6 is 27.3 Å². The van der Waals surface area contributed by atoms with Crippen LogP contribution in [0.25, 0.3) is 0 Å². The van der Waals surface area contributed by atoms with E-state index >= 15 is 0 Å². The topological polar surface area (TPSA) is 20.2 Å². The molecule has 90 valence electrons. The fourth-order valence-corrected chi connectivity index (χ4v) is 3.18. The normalized spacial score (nSPS) is 12.7. The number of hydrogen-bond donors (Lipinski definition) is 1. The van der Waals surface area contributed by atoms with Gasteiger partial charge in [-0.05, 0) is 46.6 Å². The first-order chi connectivity index (χ1) is 8.06. The van der Waals surface area contributed by atoms with Crippen LogP contribution in [0.1, 0.15) is 21.4 Å². The molecular formula is C13H12BrFOS. The van der Waals surface area contributed by atoms with E-state index in [1.165, 1.54) is 12.1 Å². The molecule has 1 aromatic carbocycles. The fraction of sp³-hybridized carbons (Fsp3) is 0.231. The van der Waals surface area contributed by atoms with Crippen molar-refractivity contribution in [2.75, 3.05) is 0 Å². The minimum absolute atomic E-state index is 0.266. The molecule has 1 unspecified atom stereocenters. The average Bonchev–Trinajstić information content (AvgIpc) is 2.59. The average molecular weight is 315 g/mol. The molecule has 1 nitrogen and oxygen atoms in total. The van der Waals surface area contributed by atoms with E-state index in [1.807, 2.05) is 19.1 Å². The van der Waals surface area contributed by atoms with Gasteiger partial charge in [0, 0.05) is 20.6 Å². The van der Waals surface area contributed by atoms with Crippen molar-refractivity contribution >= 4 is 27.3 Å². The van der Waals surface area contributed by atoms with Crippen LogP contribution < -0.4 is 0 Å². The van der Waals surface area contributed by atoms with Crippen LogP contribution in [0.5, 0.6) is 0 Å². The summed E-state index contributed by atoms with van der Waals surface area (Å²) >= 11 is 4.98. The van der Waals surface area contributed by atoms with E-state index in [0.717, 1.165) is 19.8 Å². The van der Waals surface area contributed by atoms with Gasteiger partial charge >= 0.3 is 0 Å². The predicted molar refractivity (Wildman–Crippen MR) is 71.8 cm³/mol. The zero-order chi connectivity index (χ0) is 12.4. The molecule has 0 saturated carbocycles. The molecule has 0 aliphatic heterocycles. The Labute approximate surface area is 112 Å². The minimum atomic E-state index is -0.577. The molecule has 1 N–H and O–H groups in total. The van der Waals surface area contributed by atoms with Gasteiger partial charge in [-0.15, -0.1) is 11.3 Å². The lowest BCUT2D eigenvalue weighted by atomic mass is 10.1. The van der Waals surface area contributed by atoms with Crippen molar-refractivity contribution in [2.45, 2.75) is 19.4 Å². The number of aliphatic hydroxyl groups is 1. The quantitative estimate of drug-likeness (QED) is 0.898. The number of hydrogen-bond acceptors (Lipinski definition) is 2. The molecule has 17 heavy (non-hydrogen) atoms. The van der Waals surface area contributed by atoms with Gasteiger partial charge in [-0.2, -0.15) is 0 Å². The largest absolute Gasteiger partial charge is 0.387 e. The Kier molecular flexibility index (Phi) is 3.97. The van der Waals surface area contributed by atoms with Gasteiger partial charge in [-0.25, -0.2) is 4.39 Å². The van der Waals surface area contributed by atoms with Crippen LogP contribution in [0.2, 0.25) is 0 Å². The Bertz CT molecular complexity index is 504. The molecule has 0 saturated heterocycles. The van der Waals surface area contributed by atoms with E-state index in [0.29, 0.717) is 6.42 Å². The molecule has 0 aliphatic rings. The molecule has 0 aliphatic carbocycles. The van der Waals surface area contributed by atoms with Crippen LogP contribution in [0.4, 0.5) is 4.39 Å². The summed E-state index contributed by atoms with van der Waals surface area (Å²) in [5.74, 6) is -0.266. The molecule has 2 aromatic rings. The highest BCUT2D eigenvalue weighted by molar-refractivity contribution is 9.10. The maximum atomic E-state index is 13.0. The lowest BCUT2D eigenvalue weighted by Gasteiger charge is -2.08. The maximum absolute atomic E-state index is 13.0. The highest BCUT2D eigenvalue weighted by atomic mass is 79.9. The molecule has 0 bridgehead atoms. The second-order valence-electron chi connectivity index (χ2n) is 3.90. The van der Waals surface area contributed by atoms with Crippen LogP contribution in [-0.2, 0) is 6.42 Å². The highest BCUT2D eigenvalue weighted by Crippen LogP contribution is 2.32. The van der Waals surface area contributed by atoms with E-state index in [-0.39, 0.29) is 5.82 Å². The minimum Gasteiger partial charge on any atom is -0.387 e. The van der Waals surface area contributed by atoms with Gasteiger partial charge in [0.15, 0.2) is 0 Å². The summed E-state index contributed by atoms with van der Waals surface area (Å²) in [4.78, 5) is 2.04. The first-order valence-electron chi connectivity index (χ1n) is 5.24. The molecule has 1 atom stereocenters. The van der Waals surface area contributed by atoms with E-state index < -0.39 is 6.10 Å². The third-order valence-corrected chi connectivity index (χ3v) is 4.76. The van der Waals surface area contributed by atoms with Crippen molar-refractivity contribution in [2.24, 2.45) is 0 Å². The first kappa shape index (κ1) is 12.7. The predicted octanol–water partition coefficient (Wildman–Crippen LogP) is 4.23. The molecule has 4 heteroatoms. The van der Waals surface area contributed by atoms with Gasteiger partial charge in [-0.1, -0.05) is 12.1 Å². The molecule has 0 fully saturated rings. The third-order valence-electron chi connectivity index (χ3n) is 2.52. The Hall–Kier alpha value is -0.710. The summed E-state index contributed by atoms with van der Waals surface area (Å²) in [7, 11) is 0. The summed E-state index contributed by atoms with van der Waals surface area (Å²) in [5, 5.41) is 10.1. The first-order valence-corrected chi connectivity index (χ1v) is 6.85. The Morgan fingerprint density at radius 1 is 1.41 bits per heavy atom. The number of rotatable bonds is 3. The van der Waals surface area contributed by atoms with Crippen LogP contribution in [-0.4, -0.2) is 5.11 Å². The van der Waals surface area contributed by atoms with Crippen molar-refractivity contribution < 1.29 is 9.50 Å². The smallest absolute Gasteiger partial charge is 0.123 e. The molecule has 1 aromatic heterocycles. The lowest BCUT2D eigenvalue weighted by molar-refractivity contribution is 0.182. The standard InChI is InChI=1S/C13H12BrFOS/c1-8-11(14)7-13(17-8)12(16)6-9-3-2-4-10(15)5-9/h2-5,7,12,16H,6H2,1H3. The second-order valence-corrected chi connectivity index (χ2v) is 6.04. The van der Waals surface area contributed by atoms with E-state index in [9.17, 15) is 9.50 Å². The Morgan fingerprint density at radius 2 is 2.18 bits per heavy atom. The maximum Gasteiger partial charge on any atom is 0.123 e.